The standard InChI is InChI=1S/C18H22N2O2S/c21-18(16-9-5-12-22-16)20(14-17-19-10-13-23-17)11-4-8-15-6-2-1-3-7-15/h1-3,6-7,10,13,16H,4-5,8-9,11-12,14H2/t16-/m0/s1. The van der Waals surface area contributed by atoms with Crippen LogP contribution in [0.3, 0.4) is 0 Å². The lowest BCUT2D eigenvalue weighted by Gasteiger charge is -2.24. The summed E-state index contributed by atoms with van der Waals surface area (Å²) in [7, 11) is 0. The highest BCUT2D eigenvalue weighted by molar-refractivity contribution is 7.09. The summed E-state index contributed by atoms with van der Waals surface area (Å²) in [5, 5.41) is 2.93. The number of thiazole rings is 1. The summed E-state index contributed by atoms with van der Waals surface area (Å²) >= 11 is 1.60. The van der Waals surface area contributed by atoms with E-state index < -0.39 is 0 Å². The van der Waals surface area contributed by atoms with Gasteiger partial charge in [0.15, 0.2) is 0 Å². The Morgan fingerprint density at radius 1 is 1.35 bits per heavy atom. The number of ether oxygens (including phenoxy) is 1. The third-order valence-corrected chi connectivity index (χ3v) is 4.83. The summed E-state index contributed by atoms with van der Waals surface area (Å²) in [4.78, 5) is 18.9. The van der Waals surface area contributed by atoms with Gasteiger partial charge < -0.3 is 9.64 Å². The van der Waals surface area contributed by atoms with Gasteiger partial charge in [0.1, 0.15) is 11.1 Å². The Kier molecular flexibility index (Phi) is 5.77. The van der Waals surface area contributed by atoms with E-state index >= 15 is 0 Å². The van der Waals surface area contributed by atoms with Gasteiger partial charge in [0.05, 0.1) is 6.54 Å². The Morgan fingerprint density at radius 2 is 2.22 bits per heavy atom. The molecule has 0 N–H and O–H groups in total. The zero-order valence-electron chi connectivity index (χ0n) is 13.2. The molecule has 5 heteroatoms. The number of amides is 1. The first kappa shape index (κ1) is 16.1. The molecule has 0 saturated carbocycles. The number of carbonyl (C=O) groups excluding carboxylic acids is 1. The van der Waals surface area contributed by atoms with Gasteiger partial charge in [-0.05, 0) is 31.2 Å². The lowest BCUT2D eigenvalue weighted by atomic mass is 10.1. The third-order valence-electron chi connectivity index (χ3n) is 4.06. The number of aromatic nitrogens is 1. The van der Waals surface area contributed by atoms with Gasteiger partial charge in [-0.25, -0.2) is 4.98 Å². The molecule has 1 aliphatic rings. The average Bonchev–Trinajstić information content (AvgIpc) is 3.28. The molecule has 0 radical (unpaired) electrons. The van der Waals surface area contributed by atoms with E-state index in [9.17, 15) is 4.79 Å². The second kappa shape index (κ2) is 8.22. The van der Waals surface area contributed by atoms with Crippen molar-refractivity contribution in [3.05, 3.63) is 52.5 Å². The Bertz CT molecular complexity index is 595. The number of carbonyl (C=O) groups is 1. The maximum Gasteiger partial charge on any atom is 0.252 e. The number of hydrogen-bond acceptors (Lipinski definition) is 4. The van der Waals surface area contributed by atoms with E-state index in [4.69, 9.17) is 4.74 Å². The average molecular weight is 330 g/mol. The van der Waals surface area contributed by atoms with Crippen LogP contribution >= 0.6 is 11.3 Å². The largest absolute Gasteiger partial charge is 0.368 e. The highest BCUT2D eigenvalue weighted by Crippen LogP contribution is 2.18. The molecule has 2 heterocycles. The van der Waals surface area contributed by atoms with Gasteiger partial charge in [0.25, 0.3) is 5.91 Å². The molecule has 23 heavy (non-hydrogen) atoms. The molecule has 1 amide bonds. The van der Waals surface area contributed by atoms with E-state index in [1.54, 1.807) is 17.5 Å². The van der Waals surface area contributed by atoms with Crippen molar-refractivity contribution in [1.29, 1.82) is 0 Å². The first-order valence-electron chi connectivity index (χ1n) is 8.15. The van der Waals surface area contributed by atoms with Crippen LogP contribution in [-0.4, -0.2) is 35.0 Å². The van der Waals surface area contributed by atoms with Crippen LogP contribution in [0.2, 0.25) is 0 Å². The minimum atomic E-state index is -0.258. The number of benzene rings is 1. The second-order valence-electron chi connectivity index (χ2n) is 5.78. The fourth-order valence-corrected chi connectivity index (χ4v) is 3.49. The second-order valence-corrected chi connectivity index (χ2v) is 6.76. The van der Waals surface area contributed by atoms with Crippen LogP contribution in [0, 0.1) is 0 Å². The minimum absolute atomic E-state index is 0.116. The van der Waals surface area contributed by atoms with Crippen LogP contribution < -0.4 is 0 Å². The molecule has 0 aliphatic carbocycles. The maximum atomic E-state index is 12.7. The molecule has 1 fully saturated rings. The number of hydrogen-bond donors (Lipinski definition) is 0. The Balaban J connectivity index is 1.58. The summed E-state index contributed by atoms with van der Waals surface area (Å²) in [6, 6.07) is 10.4. The first-order valence-corrected chi connectivity index (χ1v) is 9.03. The highest BCUT2D eigenvalue weighted by atomic mass is 32.1. The van der Waals surface area contributed by atoms with E-state index in [0.717, 1.165) is 37.2 Å². The molecule has 122 valence electrons. The van der Waals surface area contributed by atoms with E-state index in [1.165, 1.54) is 5.56 Å². The zero-order chi connectivity index (χ0) is 15.9. The summed E-state index contributed by atoms with van der Waals surface area (Å²) in [6.45, 7) is 2.03. The molecule has 0 spiro atoms. The summed E-state index contributed by atoms with van der Waals surface area (Å²) in [6.07, 6.45) is 5.28. The fraction of sp³-hybridized carbons (Fsp3) is 0.444. The van der Waals surface area contributed by atoms with Crippen molar-refractivity contribution in [3.8, 4) is 0 Å². The lowest BCUT2D eigenvalue weighted by molar-refractivity contribution is -0.141. The third kappa shape index (κ3) is 4.62. The zero-order valence-corrected chi connectivity index (χ0v) is 14.0. The summed E-state index contributed by atoms with van der Waals surface area (Å²) in [5.41, 5.74) is 1.31. The molecule has 1 atom stereocenters. The Labute approximate surface area is 141 Å². The molecule has 2 aromatic rings. The fourth-order valence-electron chi connectivity index (χ4n) is 2.86. The smallest absolute Gasteiger partial charge is 0.252 e. The van der Waals surface area contributed by atoms with E-state index in [2.05, 4.69) is 29.2 Å². The van der Waals surface area contributed by atoms with Crippen LogP contribution in [0.4, 0.5) is 0 Å². The van der Waals surface area contributed by atoms with E-state index in [0.29, 0.717) is 13.2 Å². The van der Waals surface area contributed by atoms with Crippen LogP contribution in [0.25, 0.3) is 0 Å². The molecule has 0 bridgehead atoms. The predicted octanol–water partition coefficient (Wildman–Crippen LogP) is 3.28. The SMILES string of the molecule is O=C([C@@H]1CCCO1)N(CCCc1ccccc1)Cc1nccs1. The van der Waals surface area contributed by atoms with Gasteiger partial charge in [-0.15, -0.1) is 11.3 Å². The Hall–Kier alpha value is -1.72. The minimum Gasteiger partial charge on any atom is -0.368 e. The van der Waals surface area contributed by atoms with Gasteiger partial charge in [0, 0.05) is 24.7 Å². The topological polar surface area (TPSA) is 42.4 Å². The molecule has 1 aromatic heterocycles. The van der Waals surface area contributed by atoms with Gasteiger partial charge in [-0.1, -0.05) is 30.3 Å². The number of nitrogens with zero attached hydrogens (tertiary/aromatic N) is 2. The van der Waals surface area contributed by atoms with Crippen molar-refractivity contribution >= 4 is 17.2 Å². The van der Waals surface area contributed by atoms with Crippen LogP contribution in [-0.2, 0) is 22.5 Å². The molecule has 0 unspecified atom stereocenters. The molecule has 4 nitrogen and oxygen atoms in total. The molecule has 3 rings (SSSR count). The number of aryl methyl sites for hydroxylation is 1. The highest BCUT2D eigenvalue weighted by Gasteiger charge is 2.28. The van der Waals surface area contributed by atoms with Crippen molar-refractivity contribution in [2.45, 2.75) is 38.3 Å². The first-order chi connectivity index (χ1) is 11.3. The van der Waals surface area contributed by atoms with Gasteiger partial charge in [-0.3, -0.25) is 4.79 Å². The van der Waals surface area contributed by atoms with Crippen molar-refractivity contribution in [1.82, 2.24) is 9.88 Å². The van der Waals surface area contributed by atoms with Gasteiger partial charge in [0.2, 0.25) is 0 Å². The maximum absolute atomic E-state index is 12.7. The van der Waals surface area contributed by atoms with Crippen LogP contribution in [0.15, 0.2) is 41.9 Å². The van der Waals surface area contributed by atoms with Crippen LogP contribution in [0.5, 0.6) is 0 Å². The molecule has 1 saturated heterocycles. The predicted molar refractivity (Wildman–Crippen MR) is 91.3 cm³/mol. The lowest BCUT2D eigenvalue weighted by Crippen LogP contribution is -2.39. The molecule has 1 aromatic carbocycles. The van der Waals surface area contributed by atoms with E-state index in [1.807, 2.05) is 16.3 Å². The van der Waals surface area contributed by atoms with Gasteiger partial charge >= 0.3 is 0 Å². The van der Waals surface area contributed by atoms with Crippen molar-refractivity contribution < 1.29 is 9.53 Å². The Morgan fingerprint density at radius 3 is 2.91 bits per heavy atom. The number of rotatable bonds is 7. The van der Waals surface area contributed by atoms with Crippen molar-refractivity contribution in [3.63, 3.8) is 0 Å². The van der Waals surface area contributed by atoms with E-state index in [-0.39, 0.29) is 12.0 Å². The normalized spacial score (nSPS) is 17.3. The quantitative estimate of drug-likeness (QED) is 0.782. The van der Waals surface area contributed by atoms with Crippen molar-refractivity contribution in [2.24, 2.45) is 0 Å². The molecular formula is C18H22N2O2S. The van der Waals surface area contributed by atoms with Gasteiger partial charge in [-0.2, -0.15) is 0 Å². The summed E-state index contributed by atoms with van der Waals surface area (Å²) in [5.74, 6) is 0.116. The molecule has 1 aliphatic heterocycles. The van der Waals surface area contributed by atoms with Crippen molar-refractivity contribution in [2.75, 3.05) is 13.2 Å². The van der Waals surface area contributed by atoms with Crippen LogP contribution in [0.1, 0.15) is 29.8 Å². The monoisotopic (exact) mass is 330 g/mol. The summed E-state index contributed by atoms with van der Waals surface area (Å²) < 4.78 is 5.57. The molecular weight excluding hydrogens is 308 g/mol.